The molecule has 0 spiro atoms. The molecule has 3 rings (SSSR count). The van der Waals surface area contributed by atoms with Crippen molar-refractivity contribution in [1.29, 1.82) is 0 Å². The molecular formula is C15H15FN2O2S. The maximum atomic E-state index is 13.6. The fourth-order valence-electron chi connectivity index (χ4n) is 2.41. The highest BCUT2D eigenvalue weighted by Crippen LogP contribution is 2.26. The van der Waals surface area contributed by atoms with Gasteiger partial charge in [0, 0.05) is 17.9 Å². The Kier molecular flexibility index (Phi) is 3.55. The molecule has 21 heavy (non-hydrogen) atoms. The zero-order valence-electron chi connectivity index (χ0n) is 11.3. The fraction of sp³-hybridized carbons (Fsp3) is 0.200. The first-order valence-electron chi connectivity index (χ1n) is 6.70. The lowest BCUT2D eigenvalue weighted by molar-refractivity contribution is 0.570. The second kappa shape index (κ2) is 5.37. The maximum Gasteiger partial charge on any atom is 0.264 e. The van der Waals surface area contributed by atoms with Gasteiger partial charge >= 0.3 is 0 Å². The van der Waals surface area contributed by atoms with Crippen molar-refractivity contribution in [3.05, 3.63) is 53.8 Å². The molecule has 2 aromatic carbocycles. The Balaban J connectivity index is 1.91. The van der Waals surface area contributed by atoms with E-state index in [1.54, 1.807) is 12.1 Å². The van der Waals surface area contributed by atoms with Crippen LogP contribution in [0.2, 0.25) is 0 Å². The SMILES string of the molecule is O=S(=O)(Nc1ccc2c(c1)CCCN2)c1ccccc1F. The molecule has 1 aliphatic heterocycles. The minimum Gasteiger partial charge on any atom is -0.385 e. The van der Waals surface area contributed by atoms with E-state index in [1.165, 1.54) is 18.2 Å². The highest BCUT2D eigenvalue weighted by Gasteiger charge is 2.19. The minimum absolute atomic E-state index is 0.346. The van der Waals surface area contributed by atoms with Gasteiger partial charge in [0.2, 0.25) is 0 Å². The molecule has 0 radical (unpaired) electrons. The van der Waals surface area contributed by atoms with Crippen LogP contribution < -0.4 is 10.0 Å². The molecule has 1 aliphatic rings. The van der Waals surface area contributed by atoms with Crippen LogP contribution in [-0.2, 0) is 16.4 Å². The van der Waals surface area contributed by atoms with Crippen molar-refractivity contribution in [3.63, 3.8) is 0 Å². The normalized spacial score (nSPS) is 14.1. The highest BCUT2D eigenvalue weighted by atomic mass is 32.2. The summed E-state index contributed by atoms with van der Waals surface area (Å²) in [5, 5.41) is 3.26. The van der Waals surface area contributed by atoms with E-state index in [0.717, 1.165) is 36.7 Å². The zero-order chi connectivity index (χ0) is 14.9. The smallest absolute Gasteiger partial charge is 0.264 e. The Morgan fingerprint density at radius 1 is 1.14 bits per heavy atom. The number of sulfonamides is 1. The highest BCUT2D eigenvalue weighted by molar-refractivity contribution is 7.92. The predicted octanol–water partition coefficient (Wildman–Crippen LogP) is 2.98. The lowest BCUT2D eigenvalue weighted by Crippen LogP contribution is -2.16. The Morgan fingerprint density at radius 2 is 1.95 bits per heavy atom. The van der Waals surface area contributed by atoms with Gasteiger partial charge in [-0.15, -0.1) is 0 Å². The largest absolute Gasteiger partial charge is 0.385 e. The van der Waals surface area contributed by atoms with Crippen LogP contribution in [0, 0.1) is 5.82 Å². The molecule has 0 atom stereocenters. The summed E-state index contributed by atoms with van der Waals surface area (Å²) in [6, 6.07) is 10.6. The van der Waals surface area contributed by atoms with Crippen LogP contribution in [0.1, 0.15) is 12.0 Å². The van der Waals surface area contributed by atoms with E-state index < -0.39 is 15.8 Å². The van der Waals surface area contributed by atoms with Crippen LogP contribution in [0.4, 0.5) is 15.8 Å². The number of anilines is 2. The molecule has 0 unspecified atom stereocenters. The third-order valence-electron chi connectivity index (χ3n) is 3.42. The molecule has 0 aliphatic carbocycles. The van der Waals surface area contributed by atoms with Gasteiger partial charge < -0.3 is 5.32 Å². The summed E-state index contributed by atoms with van der Waals surface area (Å²) in [6.45, 7) is 0.924. The van der Waals surface area contributed by atoms with Crippen molar-refractivity contribution >= 4 is 21.4 Å². The van der Waals surface area contributed by atoms with E-state index in [-0.39, 0.29) is 4.90 Å². The first kappa shape index (κ1) is 13.9. The molecule has 0 saturated carbocycles. The van der Waals surface area contributed by atoms with Gasteiger partial charge in [-0.3, -0.25) is 4.72 Å². The van der Waals surface area contributed by atoms with E-state index >= 15 is 0 Å². The standard InChI is InChI=1S/C15H15FN2O2S/c16-13-5-1-2-6-15(13)21(19,20)18-12-7-8-14-11(10-12)4-3-9-17-14/h1-2,5-8,10,17-18H,3-4,9H2. The van der Waals surface area contributed by atoms with Gasteiger partial charge in [0.1, 0.15) is 10.7 Å². The number of aryl methyl sites for hydroxylation is 1. The van der Waals surface area contributed by atoms with Crippen molar-refractivity contribution in [2.45, 2.75) is 17.7 Å². The summed E-state index contributed by atoms with van der Waals surface area (Å²) in [5.41, 5.74) is 2.53. The van der Waals surface area contributed by atoms with Gasteiger partial charge in [0.05, 0.1) is 0 Å². The summed E-state index contributed by atoms with van der Waals surface area (Å²) < 4.78 is 40.5. The Hall–Kier alpha value is -2.08. The van der Waals surface area contributed by atoms with E-state index in [2.05, 4.69) is 10.0 Å². The van der Waals surface area contributed by atoms with Gasteiger partial charge in [-0.05, 0) is 48.7 Å². The molecule has 110 valence electrons. The van der Waals surface area contributed by atoms with Crippen LogP contribution in [0.15, 0.2) is 47.4 Å². The number of hydrogen-bond donors (Lipinski definition) is 2. The molecule has 6 heteroatoms. The van der Waals surface area contributed by atoms with E-state index in [1.807, 2.05) is 6.07 Å². The molecule has 4 nitrogen and oxygen atoms in total. The maximum absolute atomic E-state index is 13.6. The Bertz CT molecular complexity index is 775. The lowest BCUT2D eigenvalue weighted by Gasteiger charge is -2.19. The van der Waals surface area contributed by atoms with Crippen LogP contribution in [0.5, 0.6) is 0 Å². The number of hydrogen-bond acceptors (Lipinski definition) is 3. The molecule has 0 aromatic heterocycles. The van der Waals surface area contributed by atoms with E-state index in [4.69, 9.17) is 0 Å². The van der Waals surface area contributed by atoms with Crippen molar-refractivity contribution in [2.24, 2.45) is 0 Å². The van der Waals surface area contributed by atoms with Crippen molar-refractivity contribution < 1.29 is 12.8 Å². The summed E-state index contributed by atoms with van der Waals surface area (Å²) in [5.74, 6) is -0.760. The average molecular weight is 306 g/mol. The Labute approximate surface area is 123 Å². The van der Waals surface area contributed by atoms with Crippen LogP contribution in [0.25, 0.3) is 0 Å². The fourth-order valence-corrected chi connectivity index (χ4v) is 3.54. The molecule has 1 heterocycles. The second-order valence-corrected chi connectivity index (χ2v) is 6.59. The second-order valence-electron chi connectivity index (χ2n) is 4.94. The summed E-state index contributed by atoms with van der Waals surface area (Å²) in [4.78, 5) is -0.346. The molecule has 2 aromatic rings. The molecular weight excluding hydrogens is 291 g/mol. The third kappa shape index (κ3) is 2.85. The number of nitrogens with one attached hydrogen (secondary N) is 2. The molecule has 0 fully saturated rings. The van der Waals surface area contributed by atoms with Crippen molar-refractivity contribution in [1.82, 2.24) is 0 Å². The topological polar surface area (TPSA) is 58.2 Å². The molecule has 2 N–H and O–H groups in total. The first-order chi connectivity index (χ1) is 10.1. The monoisotopic (exact) mass is 306 g/mol. The summed E-state index contributed by atoms with van der Waals surface area (Å²) >= 11 is 0. The van der Waals surface area contributed by atoms with Crippen LogP contribution in [0.3, 0.4) is 0 Å². The Morgan fingerprint density at radius 3 is 2.76 bits per heavy atom. The lowest BCUT2D eigenvalue weighted by atomic mass is 10.0. The van der Waals surface area contributed by atoms with Crippen LogP contribution >= 0.6 is 0 Å². The van der Waals surface area contributed by atoms with E-state index in [9.17, 15) is 12.8 Å². The quantitative estimate of drug-likeness (QED) is 0.916. The van der Waals surface area contributed by atoms with Crippen molar-refractivity contribution in [3.8, 4) is 0 Å². The number of rotatable bonds is 3. The summed E-state index contributed by atoms with van der Waals surface area (Å²) in [7, 11) is -3.92. The summed E-state index contributed by atoms with van der Waals surface area (Å²) in [6.07, 6.45) is 1.91. The van der Waals surface area contributed by atoms with Gasteiger partial charge in [-0.25, -0.2) is 12.8 Å². The minimum atomic E-state index is -3.92. The molecule has 0 amide bonds. The predicted molar refractivity (Wildman–Crippen MR) is 80.5 cm³/mol. The average Bonchev–Trinajstić information content (AvgIpc) is 2.47. The van der Waals surface area contributed by atoms with Gasteiger partial charge in [0.15, 0.2) is 0 Å². The number of fused-ring (bicyclic) bond motifs is 1. The van der Waals surface area contributed by atoms with Gasteiger partial charge in [0.25, 0.3) is 10.0 Å². The zero-order valence-corrected chi connectivity index (χ0v) is 12.1. The first-order valence-corrected chi connectivity index (χ1v) is 8.19. The number of halogens is 1. The molecule has 0 saturated heterocycles. The number of benzene rings is 2. The van der Waals surface area contributed by atoms with Gasteiger partial charge in [-0.2, -0.15) is 0 Å². The molecule has 0 bridgehead atoms. The third-order valence-corrected chi connectivity index (χ3v) is 4.84. The van der Waals surface area contributed by atoms with E-state index in [0.29, 0.717) is 5.69 Å². The van der Waals surface area contributed by atoms with Crippen LogP contribution in [-0.4, -0.2) is 15.0 Å². The van der Waals surface area contributed by atoms with Gasteiger partial charge in [-0.1, -0.05) is 12.1 Å². The van der Waals surface area contributed by atoms with Crippen molar-refractivity contribution in [2.75, 3.05) is 16.6 Å².